The maximum absolute atomic E-state index is 13.2. The zero-order valence-electron chi connectivity index (χ0n) is 18.1. The summed E-state index contributed by atoms with van der Waals surface area (Å²) in [6.07, 6.45) is 4.12. The summed E-state index contributed by atoms with van der Waals surface area (Å²) in [5.74, 6) is -0.484. The van der Waals surface area contributed by atoms with Crippen molar-refractivity contribution in [1.29, 1.82) is 0 Å². The predicted molar refractivity (Wildman–Crippen MR) is 112 cm³/mol. The largest absolute Gasteiger partial charge is 0.493 e. The first-order valence-corrected chi connectivity index (χ1v) is 10.4. The maximum Gasteiger partial charge on any atom is 0.329 e. The van der Waals surface area contributed by atoms with Crippen LogP contribution in [-0.4, -0.2) is 40.9 Å². The van der Waals surface area contributed by atoms with E-state index in [-0.39, 0.29) is 24.8 Å². The number of primary amides is 1. The molecule has 0 spiro atoms. The van der Waals surface area contributed by atoms with Crippen LogP contribution in [-0.2, 0) is 19.1 Å². The lowest BCUT2D eigenvalue weighted by Crippen LogP contribution is -2.46. The van der Waals surface area contributed by atoms with E-state index in [1.165, 1.54) is 4.90 Å². The van der Waals surface area contributed by atoms with Crippen molar-refractivity contribution in [3.05, 3.63) is 41.0 Å². The molecule has 2 aliphatic heterocycles. The van der Waals surface area contributed by atoms with Gasteiger partial charge in [-0.3, -0.25) is 9.59 Å². The molecule has 7 nitrogen and oxygen atoms in total. The van der Waals surface area contributed by atoms with E-state index in [1.807, 2.05) is 19.1 Å². The number of nitrogens with zero attached hydrogens (tertiary/aromatic N) is 1. The van der Waals surface area contributed by atoms with Crippen molar-refractivity contribution >= 4 is 23.5 Å². The first kappa shape index (κ1) is 21.9. The van der Waals surface area contributed by atoms with Gasteiger partial charge in [-0.1, -0.05) is 6.07 Å². The lowest BCUT2D eigenvalue weighted by molar-refractivity contribution is -0.161. The van der Waals surface area contributed by atoms with Crippen LogP contribution in [0.5, 0.6) is 0 Å². The van der Waals surface area contributed by atoms with Crippen molar-refractivity contribution < 1.29 is 23.9 Å². The second-order valence-corrected chi connectivity index (χ2v) is 8.80. The Morgan fingerprint density at radius 1 is 1.33 bits per heavy atom. The summed E-state index contributed by atoms with van der Waals surface area (Å²) in [5, 5.41) is 0. The molecule has 3 rings (SSSR count). The van der Waals surface area contributed by atoms with Crippen LogP contribution < -0.4 is 5.73 Å². The molecule has 0 aromatic heterocycles. The minimum atomic E-state index is -0.889. The van der Waals surface area contributed by atoms with Crippen LogP contribution in [0.2, 0.25) is 0 Å². The Morgan fingerprint density at radius 2 is 2.07 bits per heavy atom. The summed E-state index contributed by atoms with van der Waals surface area (Å²) >= 11 is 0. The minimum Gasteiger partial charge on any atom is -0.493 e. The molecule has 0 aliphatic carbocycles. The summed E-state index contributed by atoms with van der Waals surface area (Å²) < 4.78 is 11.3. The highest BCUT2D eigenvalue weighted by Crippen LogP contribution is 2.38. The van der Waals surface area contributed by atoms with Crippen LogP contribution in [0.15, 0.2) is 24.3 Å². The van der Waals surface area contributed by atoms with Crippen LogP contribution in [0.4, 0.5) is 0 Å². The molecule has 0 saturated heterocycles. The van der Waals surface area contributed by atoms with Gasteiger partial charge in [-0.25, -0.2) is 4.79 Å². The van der Waals surface area contributed by atoms with Crippen LogP contribution in [0.1, 0.15) is 80.9 Å². The number of esters is 1. The normalized spacial score (nSPS) is 19.6. The molecule has 162 valence electrons. The molecule has 2 aliphatic rings. The van der Waals surface area contributed by atoms with E-state index in [2.05, 4.69) is 6.08 Å². The van der Waals surface area contributed by atoms with Crippen LogP contribution in [0, 0.1) is 0 Å². The highest BCUT2D eigenvalue weighted by atomic mass is 16.6. The summed E-state index contributed by atoms with van der Waals surface area (Å²) in [4.78, 5) is 39.0. The van der Waals surface area contributed by atoms with Gasteiger partial charge in [0.15, 0.2) is 0 Å². The smallest absolute Gasteiger partial charge is 0.329 e. The van der Waals surface area contributed by atoms with Crippen molar-refractivity contribution in [2.45, 2.75) is 71.1 Å². The Bertz CT molecular complexity index is 884. The number of rotatable bonds is 6. The van der Waals surface area contributed by atoms with Gasteiger partial charge in [-0.2, -0.15) is 0 Å². The van der Waals surface area contributed by atoms with E-state index in [9.17, 15) is 14.4 Å². The summed E-state index contributed by atoms with van der Waals surface area (Å²) in [6.45, 7) is 7.86. The van der Waals surface area contributed by atoms with Crippen molar-refractivity contribution in [2.24, 2.45) is 5.73 Å². The molecule has 2 heterocycles. The molecule has 30 heavy (non-hydrogen) atoms. The summed E-state index contributed by atoms with van der Waals surface area (Å²) in [7, 11) is 0. The van der Waals surface area contributed by atoms with Crippen molar-refractivity contribution in [1.82, 2.24) is 4.90 Å². The Hall–Kier alpha value is -2.83. The number of ether oxygens (including phenoxy) is 2. The second kappa shape index (κ2) is 8.50. The van der Waals surface area contributed by atoms with Crippen LogP contribution in [0.25, 0.3) is 5.76 Å². The minimum absolute atomic E-state index is 0.0112. The molecule has 7 heteroatoms. The number of carbonyl (C=O) groups is 3. The molecule has 0 saturated carbocycles. The van der Waals surface area contributed by atoms with Gasteiger partial charge in [0.2, 0.25) is 5.91 Å². The molecule has 0 radical (unpaired) electrons. The molecule has 0 bridgehead atoms. The van der Waals surface area contributed by atoms with E-state index in [1.54, 1.807) is 26.8 Å². The van der Waals surface area contributed by atoms with Gasteiger partial charge in [-0.05, 0) is 70.7 Å². The topological polar surface area (TPSA) is 98.9 Å². The van der Waals surface area contributed by atoms with E-state index in [0.29, 0.717) is 12.2 Å². The molecule has 2 N–H and O–H groups in total. The van der Waals surface area contributed by atoms with Crippen molar-refractivity contribution in [3.63, 3.8) is 0 Å². The van der Waals surface area contributed by atoms with Gasteiger partial charge in [0.25, 0.3) is 5.91 Å². The fraction of sp³-hybridized carbons (Fsp3) is 0.522. The van der Waals surface area contributed by atoms with E-state index in [0.717, 1.165) is 29.7 Å². The molecule has 2 amide bonds. The number of hydrogen-bond acceptors (Lipinski definition) is 5. The van der Waals surface area contributed by atoms with Gasteiger partial charge in [0.1, 0.15) is 17.4 Å². The quantitative estimate of drug-likeness (QED) is 0.720. The van der Waals surface area contributed by atoms with Crippen LogP contribution in [0.3, 0.4) is 0 Å². The third kappa shape index (κ3) is 4.66. The zero-order valence-corrected chi connectivity index (χ0v) is 18.1. The number of nitrogens with two attached hydrogens (primary N) is 1. The maximum atomic E-state index is 13.2. The van der Waals surface area contributed by atoms with Crippen LogP contribution >= 0.6 is 0 Å². The van der Waals surface area contributed by atoms with Crippen molar-refractivity contribution in [2.75, 3.05) is 6.61 Å². The lowest BCUT2D eigenvalue weighted by Gasteiger charge is -2.32. The average molecular weight is 415 g/mol. The molecule has 0 unspecified atom stereocenters. The highest BCUT2D eigenvalue weighted by molar-refractivity contribution is 6.01. The Balaban J connectivity index is 1.92. The fourth-order valence-corrected chi connectivity index (χ4v) is 3.91. The number of benzene rings is 1. The van der Waals surface area contributed by atoms with Gasteiger partial charge < -0.3 is 20.1 Å². The van der Waals surface area contributed by atoms with Gasteiger partial charge in [0, 0.05) is 17.5 Å². The van der Waals surface area contributed by atoms with Gasteiger partial charge >= 0.3 is 5.97 Å². The van der Waals surface area contributed by atoms with E-state index < -0.39 is 23.5 Å². The standard InChI is InChI=1S/C23H30N2O5/c1-14-17-13-15(19-7-5-6-12-29-19)8-9-16(17)21(27)25(14)18(10-11-20(24)26)22(28)30-23(2,3)4/h7-9,13-14,18H,5-6,10-12H2,1-4H3,(H2,24,26)/t14-,18+/m1/s1. The first-order valence-electron chi connectivity index (χ1n) is 10.4. The third-order valence-electron chi connectivity index (χ3n) is 5.28. The lowest BCUT2D eigenvalue weighted by atomic mass is 10.00. The Labute approximate surface area is 177 Å². The Morgan fingerprint density at radius 3 is 2.67 bits per heavy atom. The van der Waals surface area contributed by atoms with Gasteiger partial charge in [0.05, 0.1) is 12.6 Å². The molecular weight excluding hydrogens is 384 g/mol. The highest BCUT2D eigenvalue weighted by Gasteiger charge is 2.42. The van der Waals surface area contributed by atoms with E-state index in [4.69, 9.17) is 15.2 Å². The third-order valence-corrected chi connectivity index (χ3v) is 5.28. The molecule has 2 atom stereocenters. The first-order chi connectivity index (χ1) is 14.1. The number of amides is 2. The van der Waals surface area contributed by atoms with Crippen molar-refractivity contribution in [3.8, 4) is 0 Å². The van der Waals surface area contributed by atoms with E-state index >= 15 is 0 Å². The predicted octanol–water partition coefficient (Wildman–Crippen LogP) is 3.33. The summed E-state index contributed by atoms with van der Waals surface area (Å²) in [6, 6.07) is 4.37. The zero-order chi connectivity index (χ0) is 22.1. The molecule has 1 aromatic carbocycles. The molecular formula is C23H30N2O5. The Kier molecular flexibility index (Phi) is 6.19. The second-order valence-electron chi connectivity index (χ2n) is 8.80. The summed E-state index contributed by atoms with van der Waals surface area (Å²) in [5.41, 5.74) is 6.90. The number of hydrogen-bond donors (Lipinski definition) is 1. The number of allylic oxidation sites excluding steroid dienone is 1. The average Bonchev–Trinajstić information content (AvgIpc) is 2.92. The fourth-order valence-electron chi connectivity index (χ4n) is 3.91. The number of fused-ring (bicyclic) bond motifs is 1. The SMILES string of the molecule is C[C@@H]1c2cc(C3=CCCCO3)ccc2C(=O)N1[C@@H](CCC(N)=O)C(=O)OC(C)(C)C. The monoisotopic (exact) mass is 414 g/mol. The molecule has 1 aromatic rings. The number of carbonyl (C=O) groups excluding carboxylic acids is 3. The molecule has 0 fully saturated rings. The van der Waals surface area contributed by atoms with Gasteiger partial charge in [-0.15, -0.1) is 0 Å².